The number of halogens is 3. The van der Waals surface area contributed by atoms with Crippen LogP contribution in [-0.2, 0) is 4.79 Å². The lowest BCUT2D eigenvalue weighted by atomic mass is 9.65. The standard InChI is InChI=1S/C20H33ClF2N4O2/c1-11(28)26-5-7-27(8-6-26)20-12-9-13(21)16(18(23)19(12)24-10-25-20)17-14(22)3-2-4-15(17)29/h12-20,24-25,29H,2-10H2,1H3. The molecule has 2 aliphatic carbocycles. The topological polar surface area (TPSA) is 67.8 Å². The van der Waals surface area contributed by atoms with Gasteiger partial charge >= 0.3 is 0 Å². The van der Waals surface area contributed by atoms with E-state index in [9.17, 15) is 14.3 Å². The van der Waals surface area contributed by atoms with Gasteiger partial charge in [0.05, 0.1) is 12.3 Å². The molecular weight excluding hydrogens is 402 g/mol. The molecule has 4 fully saturated rings. The van der Waals surface area contributed by atoms with Crippen LogP contribution in [0.3, 0.4) is 0 Å². The second-order valence-electron chi connectivity index (χ2n) is 9.13. The van der Waals surface area contributed by atoms with E-state index in [0.717, 1.165) is 13.1 Å². The van der Waals surface area contributed by atoms with Gasteiger partial charge in [-0.3, -0.25) is 20.3 Å². The molecule has 0 spiro atoms. The van der Waals surface area contributed by atoms with Crippen molar-refractivity contribution < 1.29 is 18.7 Å². The molecule has 166 valence electrons. The summed E-state index contributed by atoms with van der Waals surface area (Å²) in [6, 6.07) is -0.409. The van der Waals surface area contributed by atoms with E-state index in [1.807, 2.05) is 4.90 Å². The van der Waals surface area contributed by atoms with Crippen molar-refractivity contribution in [3.05, 3.63) is 0 Å². The third kappa shape index (κ3) is 4.15. The van der Waals surface area contributed by atoms with Gasteiger partial charge < -0.3 is 10.0 Å². The Bertz CT molecular complexity index is 585. The van der Waals surface area contributed by atoms with Crippen LogP contribution in [0.25, 0.3) is 0 Å². The van der Waals surface area contributed by atoms with E-state index in [2.05, 4.69) is 15.5 Å². The zero-order chi connectivity index (χ0) is 20.7. The number of fused-ring (bicyclic) bond motifs is 1. The predicted octanol–water partition coefficient (Wildman–Crippen LogP) is 1.08. The minimum Gasteiger partial charge on any atom is -0.393 e. The normalized spacial score (nSPS) is 46.9. The van der Waals surface area contributed by atoms with Crippen molar-refractivity contribution in [1.29, 1.82) is 0 Å². The zero-order valence-electron chi connectivity index (χ0n) is 16.9. The molecule has 4 aliphatic rings. The Kier molecular flexibility index (Phi) is 6.66. The number of hydrogen-bond acceptors (Lipinski definition) is 5. The van der Waals surface area contributed by atoms with Crippen molar-refractivity contribution in [3.8, 4) is 0 Å². The molecule has 6 nitrogen and oxygen atoms in total. The maximum absolute atomic E-state index is 15.7. The summed E-state index contributed by atoms with van der Waals surface area (Å²) >= 11 is 6.69. The van der Waals surface area contributed by atoms with Gasteiger partial charge in [0.2, 0.25) is 5.91 Å². The van der Waals surface area contributed by atoms with Gasteiger partial charge in [-0.25, -0.2) is 8.78 Å². The van der Waals surface area contributed by atoms with Gasteiger partial charge in [0.1, 0.15) is 12.3 Å². The van der Waals surface area contributed by atoms with Gasteiger partial charge in [0, 0.05) is 68.9 Å². The maximum Gasteiger partial charge on any atom is 0.219 e. The van der Waals surface area contributed by atoms with E-state index in [4.69, 9.17) is 11.6 Å². The number of piperazine rings is 1. The average Bonchev–Trinajstić information content (AvgIpc) is 2.70. The highest BCUT2D eigenvalue weighted by atomic mass is 35.5. The van der Waals surface area contributed by atoms with Gasteiger partial charge in [-0.15, -0.1) is 11.6 Å². The maximum atomic E-state index is 15.7. The Morgan fingerprint density at radius 2 is 1.83 bits per heavy atom. The molecule has 0 aromatic carbocycles. The van der Waals surface area contributed by atoms with Gasteiger partial charge in [-0.1, -0.05) is 0 Å². The fraction of sp³-hybridized carbons (Fsp3) is 0.950. The molecule has 2 heterocycles. The summed E-state index contributed by atoms with van der Waals surface area (Å²) in [4.78, 5) is 15.7. The second-order valence-corrected chi connectivity index (χ2v) is 9.69. The van der Waals surface area contributed by atoms with Gasteiger partial charge in [-0.2, -0.15) is 0 Å². The SMILES string of the molecule is CC(=O)N1CCN(C2NCNC3C(F)C(C4C(O)CCCC4F)C(Cl)CC32)CC1. The molecule has 0 radical (unpaired) electrons. The highest BCUT2D eigenvalue weighted by molar-refractivity contribution is 6.21. The molecule has 2 saturated heterocycles. The third-order valence-electron chi connectivity index (χ3n) is 7.58. The van der Waals surface area contributed by atoms with Crippen LogP contribution in [0.4, 0.5) is 8.78 Å². The molecule has 1 amide bonds. The largest absolute Gasteiger partial charge is 0.393 e. The molecule has 9 atom stereocenters. The summed E-state index contributed by atoms with van der Waals surface area (Å²) in [6.07, 6.45) is -1.23. The second kappa shape index (κ2) is 8.91. The number of carbonyl (C=O) groups excluding carboxylic acids is 1. The van der Waals surface area contributed by atoms with Crippen LogP contribution in [0.1, 0.15) is 32.6 Å². The van der Waals surface area contributed by atoms with Crippen LogP contribution < -0.4 is 10.6 Å². The fourth-order valence-corrected chi connectivity index (χ4v) is 6.59. The monoisotopic (exact) mass is 434 g/mol. The van der Waals surface area contributed by atoms with Crippen molar-refractivity contribution in [2.75, 3.05) is 32.8 Å². The summed E-state index contributed by atoms with van der Waals surface area (Å²) in [7, 11) is 0. The number of hydrogen-bond donors (Lipinski definition) is 3. The number of carbonyl (C=O) groups is 1. The van der Waals surface area contributed by atoms with Crippen molar-refractivity contribution >= 4 is 17.5 Å². The Morgan fingerprint density at radius 3 is 2.48 bits per heavy atom. The molecule has 3 N–H and O–H groups in total. The first-order chi connectivity index (χ1) is 13.9. The lowest BCUT2D eigenvalue weighted by molar-refractivity contribution is -0.132. The number of amides is 1. The molecule has 2 aliphatic heterocycles. The number of alkyl halides is 3. The predicted molar refractivity (Wildman–Crippen MR) is 107 cm³/mol. The summed E-state index contributed by atoms with van der Waals surface area (Å²) in [6.45, 7) is 4.87. The average molecular weight is 435 g/mol. The van der Waals surface area contributed by atoms with E-state index in [-0.39, 0.29) is 18.0 Å². The quantitative estimate of drug-likeness (QED) is 0.567. The summed E-state index contributed by atoms with van der Waals surface area (Å²) in [5, 5.41) is 16.6. The van der Waals surface area contributed by atoms with Crippen LogP contribution >= 0.6 is 11.6 Å². The number of rotatable bonds is 2. The van der Waals surface area contributed by atoms with E-state index in [1.165, 1.54) is 0 Å². The van der Waals surface area contributed by atoms with Crippen molar-refractivity contribution in [1.82, 2.24) is 20.4 Å². The molecule has 0 aromatic rings. The first kappa shape index (κ1) is 21.7. The number of nitrogens with one attached hydrogen (secondary N) is 2. The van der Waals surface area contributed by atoms with Crippen LogP contribution in [0.2, 0.25) is 0 Å². The molecule has 9 unspecified atom stereocenters. The first-order valence-corrected chi connectivity index (χ1v) is 11.4. The fourth-order valence-electron chi connectivity index (χ4n) is 6.07. The highest BCUT2D eigenvalue weighted by Crippen LogP contribution is 2.46. The van der Waals surface area contributed by atoms with E-state index in [0.29, 0.717) is 45.4 Å². The lowest BCUT2D eigenvalue weighted by Crippen LogP contribution is -2.71. The molecule has 2 saturated carbocycles. The van der Waals surface area contributed by atoms with Gasteiger partial charge in [0.15, 0.2) is 0 Å². The number of aliphatic hydroxyl groups is 1. The van der Waals surface area contributed by atoms with Crippen molar-refractivity contribution in [2.24, 2.45) is 17.8 Å². The molecule has 0 bridgehead atoms. The first-order valence-electron chi connectivity index (χ1n) is 10.9. The van der Waals surface area contributed by atoms with Crippen molar-refractivity contribution in [2.45, 2.75) is 68.6 Å². The van der Waals surface area contributed by atoms with E-state index >= 15 is 4.39 Å². The molecule has 4 rings (SSSR count). The van der Waals surface area contributed by atoms with E-state index in [1.54, 1.807) is 6.92 Å². The Morgan fingerprint density at radius 1 is 1.10 bits per heavy atom. The van der Waals surface area contributed by atoms with Crippen LogP contribution in [0.5, 0.6) is 0 Å². The Balaban J connectivity index is 1.47. The molecule has 0 aromatic heterocycles. The molecule has 29 heavy (non-hydrogen) atoms. The summed E-state index contributed by atoms with van der Waals surface area (Å²) in [5.74, 6) is -1.36. The zero-order valence-corrected chi connectivity index (χ0v) is 17.7. The van der Waals surface area contributed by atoms with Crippen LogP contribution in [0, 0.1) is 17.8 Å². The Hall–Kier alpha value is -0.540. The number of aliphatic hydroxyl groups excluding tert-OH is 1. The smallest absolute Gasteiger partial charge is 0.219 e. The van der Waals surface area contributed by atoms with Crippen molar-refractivity contribution in [3.63, 3.8) is 0 Å². The number of nitrogens with zero attached hydrogens (tertiary/aromatic N) is 2. The molecule has 9 heteroatoms. The highest BCUT2D eigenvalue weighted by Gasteiger charge is 2.55. The van der Waals surface area contributed by atoms with E-state index < -0.39 is 41.7 Å². The minimum absolute atomic E-state index is 0.0201. The molecular formula is C20H33ClF2N4O2. The minimum atomic E-state index is -1.30. The Labute approximate surface area is 176 Å². The van der Waals surface area contributed by atoms with Crippen LogP contribution in [0.15, 0.2) is 0 Å². The van der Waals surface area contributed by atoms with Gasteiger partial charge in [0.25, 0.3) is 0 Å². The summed E-state index contributed by atoms with van der Waals surface area (Å²) in [5.41, 5.74) is 0. The third-order valence-corrected chi connectivity index (χ3v) is 8.05. The lowest BCUT2D eigenvalue weighted by Gasteiger charge is -2.54. The van der Waals surface area contributed by atoms with Crippen LogP contribution in [-0.4, -0.2) is 89.7 Å². The summed E-state index contributed by atoms with van der Waals surface area (Å²) < 4.78 is 30.4. The van der Waals surface area contributed by atoms with Gasteiger partial charge in [-0.05, 0) is 25.7 Å².